The average Bonchev–Trinajstić information content (AvgIpc) is 2.77. The van der Waals surface area contributed by atoms with Gasteiger partial charge in [-0.1, -0.05) is 36.4 Å². The van der Waals surface area contributed by atoms with Crippen molar-refractivity contribution < 1.29 is 18.0 Å². The number of nitrogens with zero attached hydrogens (tertiary/aromatic N) is 2. The van der Waals surface area contributed by atoms with Crippen LogP contribution in [0.4, 0.5) is 18.9 Å². The van der Waals surface area contributed by atoms with Gasteiger partial charge < -0.3 is 10.2 Å². The molecule has 156 valence electrons. The van der Waals surface area contributed by atoms with Gasteiger partial charge in [0, 0.05) is 31.2 Å². The number of para-hydroxylation sites is 1. The SMILES string of the molecule is O=C(c1cnc2ccccc2c1NCc1ccccc1C(F)(F)F)N1CCCCC1. The van der Waals surface area contributed by atoms with Gasteiger partial charge >= 0.3 is 6.18 Å². The van der Waals surface area contributed by atoms with Crippen molar-refractivity contribution in [1.29, 1.82) is 0 Å². The number of pyridine rings is 1. The maximum Gasteiger partial charge on any atom is 0.416 e. The Bertz CT molecular complexity index is 1060. The molecule has 4 nitrogen and oxygen atoms in total. The van der Waals surface area contributed by atoms with Crippen molar-refractivity contribution in [1.82, 2.24) is 9.88 Å². The summed E-state index contributed by atoms with van der Waals surface area (Å²) in [5, 5.41) is 3.83. The molecule has 0 unspecified atom stereocenters. The fraction of sp³-hybridized carbons (Fsp3) is 0.304. The average molecular weight is 413 g/mol. The summed E-state index contributed by atoms with van der Waals surface area (Å²) < 4.78 is 40.1. The quantitative estimate of drug-likeness (QED) is 0.615. The summed E-state index contributed by atoms with van der Waals surface area (Å²) in [5.74, 6) is -0.139. The summed E-state index contributed by atoms with van der Waals surface area (Å²) in [6.07, 6.45) is 0.0876. The molecule has 1 amide bonds. The van der Waals surface area contributed by atoms with Gasteiger partial charge in [-0.2, -0.15) is 13.2 Å². The van der Waals surface area contributed by atoms with Crippen molar-refractivity contribution in [2.45, 2.75) is 32.0 Å². The Hall–Kier alpha value is -3.09. The van der Waals surface area contributed by atoms with E-state index in [2.05, 4.69) is 10.3 Å². The van der Waals surface area contributed by atoms with E-state index in [9.17, 15) is 18.0 Å². The first-order valence-corrected chi connectivity index (χ1v) is 10.0. The molecule has 0 saturated carbocycles. The molecule has 30 heavy (non-hydrogen) atoms. The number of hydrogen-bond donors (Lipinski definition) is 1. The van der Waals surface area contributed by atoms with E-state index in [1.807, 2.05) is 24.3 Å². The van der Waals surface area contributed by atoms with E-state index in [-0.39, 0.29) is 18.0 Å². The number of hydrogen-bond acceptors (Lipinski definition) is 3. The normalized spacial score (nSPS) is 14.7. The number of anilines is 1. The van der Waals surface area contributed by atoms with Crippen LogP contribution in [0.1, 0.15) is 40.7 Å². The predicted octanol–water partition coefficient (Wildman–Crippen LogP) is 5.49. The molecule has 3 aromatic rings. The highest BCUT2D eigenvalue weighted by atomic mass is 19.4. The van der Waals surface area contributed by atoms with Crippen LogP contribution < -0.4 is 5.32 Å². The number of fused-ring (bicyclic) bond motifs is 1. The molecule has 2 aromatic carbocycles. The summed E-state index contributed by atoms with van der Waals surface area (Å²) in [6.45, 7) is 1.31. The smallest absolute Gasteiger partial charge is 0.380 e. The van der Waals surface area contributed by atoms with Crippen LogP contribution in [0.3, 0.4) is 0 Å². The molecule has 1 aliphatic rings. The Balaban J connectivity index is 1.71. The fourth-order valence-electron chi connectivity index (χ4n) is 3.90. The largest absolute Gasteiger partial charge is 0.416 e. The molecule has 1 fully saturated rings. The van der Waals surface area contributed by atoms with Gasteiger partial charge in [0.25, 0.3) is 5.91 Å². The van der Waals surface area contributed by atoms with Gasteiger partial charge in [0.1, 0.15) is 0 Å². The summed E-state index contributed by atoms with van der Waals surface area (Å²) in [4.78, 5) is 19.4. The van der Waals surface area contributed by atoms with E-state index in [0.29, 0.717) is 35.2 Å². The zero-order chi connectivity index (χ0) is 21.1. The Labute approximate surface area is 172 Å². The molecule has 0 radical (unpaired) electrons. The number of rotatable bonds is 4. The first kappa shape index (κ1) is 20.2. The molecule has 2 heterocycles. The molecule has 4 rings (SSSR count). The standard InChI is InChI=1S/C23H22F3N3O/c24-23(25,26)19-10-4-2-8-16(19)14-28-21-17-9-3-5-11-20(17)27-15-18(21)22(30)29-12-6-1-7-13-29/h2-5,8-11,15H,1,6-7,12-14H2,(H,27,28). The molecular formula is C23H22F3N3O. The summed E-state index contributed by atoms with van der Waals surface area (Å²) >= 11 is 0. The molecule has 0 spiro atoms. The van der Waals surface area contributed by atoms with E-state index in [4.69, 9.17) is 0 Å². The van der Waals surface area contributed by atoms with Crippen LogP contribution in [-0.2, 0) is 12.7 Å². The molecule has 0 bridgehead atoms. The van der Waals surface area contributed by atoms with E-state index >= 15 is 0 Å². The third kappa shape index (κ3) is 4.10. The van der Waals surface area contributed by atoms with Crippen LogP contribution in [0.15, 0.2) is 54.7 Å². The Morgan fingerprint density at radius 1 is 1.00 bits per heavy atom. The minimum Gasteiger partial charge on any atom is -0.380 e. The van der Waals surface area contributed by atoms with Crippen molar-refractivity contribution >= 4 is 22.5 Å². The van der Waals surface area contributed by atoms with Gasteiger partial charge in [0.2, 0.25) is 0 Å². The number of nitrogens with one attached hydrogen (secondary N) is 1. The number of alkyl halides is 3. The lowest BCUT2D eigenvalue weighted by atomic mass is 10.0. The first-order chi connectivity index (χ1) is 14.4. The van der Waals surface area contributed by atoms with Crippen LogP contribution in [0, 0.1) is 0 Å². The van der Waals surface area contributed by atoms with E-state index in [0.717, 1.165) is 25.3 Å². The van der Waals surface area contributed by atoms with Crippen LogP contribution in [0.2, 0.25) is 0 Å². The number of carbonyl (C=O) groups is 1. The van der Waals surface area contributed by atoms with Gasteiger partial charge in [-0.3, -0.25) is 9.78 Å². The summed E-state index contributed by atoms with van der Waals surface area (Å²) in [5.41, 5.74) is 1.04. The molecule has 1 aliphatic heterocycles. The Morgan fingerprint density at radius 2 is 1.70 bits per heavy atom. The first-order valence-electron chi connectivity index (χ1n) is 10.0. The van der Waals surface area contributed by atoms with Crippen molar-refractivity contribution in [3.8, 4) is 0 Å². The predicted molar refractivity (Wildman–Crippen MR) is 110 cm³/mol. The Morgan fingerprint density at radius 3 is 2.47 bits per heavy atom. The maximum absolute atomic E-state index is 13.4. The van der Waals surface area contributed by atoms with E-state index in [1.165, 1.54) is 18.3 Å². The summed E-state index contributed by atoms with van der Waals surface area (Å²) in [7, 11) is 0. The molecule has 1 saturated heterocycles. The second-order valence-electron chi connectivity index (χ2n) is 7.43. The number of amides is 1. The number of piperidine rings is 1. The number of halogens is 3. The lowest BCUT2D eigenvalue weighted by Gasteiger charge is -2.28. The molecule has 0 aliphatic carbocycles. The molecule has 7 heteroatoms. The zero-order valence-corrected chi connectivity index (χ0v) is 16.4. The van der Waals surface area contributed by atoms with Gasteiger partial charge in [0.05, 0.1) is 22.3 Å². The van der Waals surface area contributed by atoms with E-state index in [1.54, 1.807) is 11.0 Å². The lowest BCUT2D eigenvalue weighted by molar-refractivity contribution is -0.138. The minimum atomic E-state index is -4.44. The topological polar surface area (TPSA) is 45.2 Å². The van der Waals surface area contributed by atoms with Gasteiger partial charge in [-0.25, -0.2) is 0 Å². The van der Waals surface area contributed by atoms with Crippen molar-refractivity contribution in [3.05, 3.63) is 71.4 Å². The van der Waals surface area contributed by atoms with Crippen molar-refractivity contribution in [2.75, 3.05) is 18.4 Å². The Kier molecular flexibility index (Phi) is 5.61. The van der Waals surface area contributed by atoms with Crippen LogP contribution in [-0.4, -0.2) is 28.9 Å². The number of aromatic nitrogens is 1. The molecule has 1 N–H and O–H groups in total. The molecule has 1 aromatic heterocycles. The van der Waals surface area contributed by atoms with Gasteiger partial charge in [0.15, 0.2) is 0 Å². The third-order valence-electron chi connectivity index (χ3n) is 5.43. The highest BCUT2D eigenvalue weighted by Gasteiger charge is 2.33. The number of carbonyl (C=O) groups excluding carboxylic acids is 1. The van der Waals surface area contributed by atoms with Gasteiger partial charge in [-0.15, -0.1) is 0 Å². The third-order valence-corrected chi connectivity index (χ3v) is 5.43. The number of likely N-dealkylation sites (tertiary alicyclic amines) is 1. The van der Waals surface area contributed by atoms with E-state index < -0.39 is 11.7 Å². The zero-order valence-electron chi connectivity index (χ0n) is 16.4. The number of benzene rings is 2. The monoisotopic (exact) mass is 413 g/mol. The van der Waals surface area contributed by atoms with Crippen molar-refractivity contribution in [2.24, 2.45) is 0 Å². The highest BCUT2D eigenvalue weighted by molar-refractivity contribution is 6.07. The van der Waals surface area contributed by atoms with Crippen molar-refractivity contribution in [3.63, 3.8) is 0 Å². The minimum absolute atomic E-state index is 0.0516. The van der Waals surface area contributed by atoms with Crippen LogP contribution >= 0.6 is 0 Å². The molecule has 0 atom stereocenters. The fourth-order valence-corrected chi connectivity index (χ4v) is 3.90. The lowest BCUT2D eigenvalue weighted by Crippen LogP contribution is -2.36. The van der Waals surface area contributed by atoms with Crippen LogP contribution in [0.5, 0.6) is 0 Å². The highest BCUT2D eigenvalue weighted by Crippen LogP contribution is 2.33. The van der Waals surface area contributed by atoms with Crippen LogP contribution in [0.25, 0.3) is 10.9 Å². The molecular weight excluding hydrogens is 391 g/mol. The maximum atomic E-state index is 13.4. The summed E-state index contributed by atoms with van der Waals surface area (Å²) in [6, 6.07) is 12.8. The second-order valence-corrected chi connectivity index (χ2v) is 7.43. The second kappa shape index (κ2) is 8.34. The van der Waals surface area contributed by atoms with Gasteiger partial charge in [-0.05, 0) is 37.0 Å².